The number of nitrogens with zero attached hydrogens (tertiary/aromatic N) is 2. The maximum absolute atomic E-state index is 5.74. The molecule has 1 heterocycles. The van der Waals surface area contributed by atoms with Crippen LogP contribution < -0.4 is 5.32 Å². The normalized spacial score (nSPS) is 10.1. The molecular formula is C9H8ClN3O. The Morgan fingerprint density at radius 1 is 1.29 bits per heavy atom. The summed E-state index contributed by atoms with van der Waals surface area (Å²) in [5, 5.41) is 7.34. The largest absolute Gasteiger partial charge is 0.376 e. The molecule has 0 saturated heterocycles. The minimum Gasteiger partial charge on any atom is -0.376 e. The number of hydrogen-bond acceptors (Lipinski definition) is 4. The van der Waals surface area contributed by atoms with E-state index in [1.165, 1.54) is 6.33 Å². The van der Waals surface area contributed by atoms with Crippen LogP contribution in [-0.4, -0.2) is 10.1 Å². The highest BCUT2D eigenvalue weighted by atomic mass is 35.5. The van der Waals surface area contributed by atoms with Crippen molar-refractivity contribution < 1.29 is 4.52 Å². The highest BCUT2D eigenvalue weighted by Crippen LogP contribution is 2.13. The highest BCUT2D eigenvalue weighted by Gasteiger charge is 1.98. The van der Waals surface area contributed by atoms with Crippen molar-refractivity contribution in [3.8, 4) is 0 Å². The van der Waals surface area contributed by atoms with Crippen molar-refractivity contribution in [1.29, 1.82) is 0 Å². The van der Waals surface area contributed by atoms with Crippen LogP contribution in [0.5, 0.6) is 0 Å². The highest BCUT2D eigenvalue weighted by molar-refractivity contribution is 6.30. The third-order valence-corrected chi connectivity index (χ3v) is 1.95. The molecule has 0 aliphatic heterocycles. The second kappa shape index (κ2) is 4.11. The molecular weight excluding hydrogens is 202 g/mol. The average molecular weight is 210 g/mol. The smallest absolute Gasteiger partial charge is 0.245 e. The molecule has 0 radical (unpaired) electrons. The lowest BCUT2D eigenvalue weighted by molar-refractivity contribution is 0.382. The average Bonchev–Trinajstić information content (AvgIpc) is 2.70. The molecule has 72 valence electrons. The molecule has 2 aromatic rings. The monoisotopic (exact) mass is 209 g/mol. The van der Waals surface area contributed by atoms with Crippen molar-refractivity contribution in [2.24, 2.45) is 0 Å². The van der Waals surface area contributed by atoms with Crippen molar-refractivity contribution in [3.05, 3.63) is 41.5 Å². The van der Waals surface area contributed by atoms with E-state index in [-0.39, 0.29) is 0 Å². The SMILES string of the molecule is Clc1ccc(NCc2ncno2)cc1. The number of benzene rings is 1. The summed E-state index contributed by atoms with van der Waals surface area (Å²) in [6, 6.07) is 7.41. The first-order valence-electron chi connectivity index (χ1n) is 4.09. The number of nitrogens with one attached hydrogen (secondary N) is 1. The fraction of sp³-hybridized carbons (Fsp3) is 0.111. The molecule has 5 heteroatoms. The lowest BCUT2D eigenvalue weighted by Crippen LogP contribution is -1.98. The standard InChI is InChI=1S/C9H8ClN3O/c10-7-1-3-8(4-2-7)11-5-9-12-6-13-14-9/h1-4,6,11H,5H2. The third kappa shape index (κ3) is 2.23. The molecule has 1 N–H and O–H groups in total. The van der Waals surface area contributed by atoms with Gasteiger partial charge in [0.15, 0.2) is 6.33 Å². The van der Waals surface area contributed by atoms with E-state index in [0.717, 1.165) is 5.69 Å². The Morgan fingerprint density at radius 3 is 2.71 bits per heavy atom. The van der Waals surface area contributed by atoms with E-state index in [2.05, 4.69) is 15.5 Å². The van der Waals surface area contributed by atoms with Crippen LogP contribution in [0.2, 0.25) is 5.02 Å². The molecule has 0 amide bonds. The van der Waals surface area contributed by atoms with Gasteiger partial charge in [-0.1, -0.05) is 16.8 Å². The molecule has 0 spiro atoms. The van der Waals surface area contributed by atoms with Crippen LogP contribution in [0.25, 0.3) is 0 Å². The topological polar surface area (TPSA) is 51.0 Å². The van der Waals surface area contributed by atoms with Gasteiger partial charge in [-0.25, -0.2) is 0 Å². The van der Waals surface area contributed by atoms with Gasteiger partial charge in [0.1, 0.15) is 0 Å². The van der Waals surface area contributed by atoms with E-state index in [0.29, 0.717) is 17.5 Å². The van der Waals surface area contributed by atoms with E-state index in [1.807, 2.05) is 24.3 Å². The number of halogens is 1. The quantitative estimate of drug-likeness (QED) is 0.843. The molecule has 0 saturated carbocycles. The molecule has 1 aromatic carbocycles. The van der Waals surface area contributed by atoms with Crippen LogP contribution in [0, 0.1) is 0 Å². The lowest BCUT2D eigenvalue weighted by Gasteiger charge is -2.02. The number of aromatic nitrogens is 2. The van der Waals surface area contributed by atoms with Crippen LogP contribution in [0.1, 0.15) is 5.89 Å². The summed E-state index contributed by atoms with van der Waals surface area (Å²) in [5.41, 5.74) is 0.965. The Kier molecular flexibility index (Phi) is 2.65. The van der Waals surface area contributed by atoms with Gasteiger partial charge >= 0.3 is 0 Å². The summed E-state index contributed by atoms with van der Waals surface area (Å²) >= 11 is 5.74. The second-order valence-electron chi connectivity index (χ2n) is 2.70. The van der Waals surface area contributed by atoms with Crippen LogP contribution in [-0.2, 0) is 6.54 Å². The van der Waals surface area contributed by atoms with Gasteiger partial charge in [-0.05, 0) is 24.3 Å². The molecule has 0 unspecified atom stereocenters. The molecule has 0 fully saturated rings. The number of anilines is 1. The Bertz CT molecular complexity index is 385. The molecule has 2 rings (SSSR count). The summed E-state index contributed by atoms with van der Waals surface area (Å²) in [6.07, 6.45) is 1.37. The van der Waals surface area contributed by atoms with Crippen molar-refractivity contribution in [2.75, 3.05) is 5.32 Å². The van der Waals surface area contributed by atoms with Crippen molar-refractivity contribution >= 4 is 17.3 Å². The van der Waals surface area contributed by atoms with E-state index in [4.69, 9.17) is 16.1 Å². The summed E-state index contributed by atoms with van der Waals surface area (Å²) < 4.78 is 4.83. The number of rotatable bonds is 3. The molecule has 1 aromatic heterocycles. The van der Waals surface area contributed by atoms with Gasteiger partial charge in [0.05, 0.1) is 6.54 Å². The molecule has 0 aliphatic carbocycles. The summed E-state index contributed by atoms with van der Waals surface area (Å²) in [4.78, 5) is 3.88. The summed E-state index contributed by atoms with van der Waals surface area (Å²) in [7, 11) is 0. The van der Waals surface area contributed by atoms with Crippen LogP contribution in [0.4, 0.5) is 5.69 Å². The number of hydrogen-bond donors (Lipinski definition) is 1. The Morgan fingerprint density at radius 2 is 2.07 bits per heavy atom. The lowest BCUT2D eigenvalue weighted by atomic mass is 10.3. The van der Waals surface area contributed by atoms with Gasteiger partial charge in [0.25, 0.3) is 0 Å². The van der Waals surface area contributed by atoms with Crippen molar-refractivity contribution in [1.82, 2.24) is 10.1 Å². The van der Waals surface area contributed by atoms with Gasteiger partial charge in [0, 0.05) is 10.7 Å². The van der Waals surface area contributed by atoms with Crippen LogP contribution in [0.15, 0.2) is 35.1 Å². The minimum atomic E-state index is 0.516. The van der Waals surface area contributed by atoms with Gasteiger partial charge < -0.3 is 9.84 Å². The van der Waals surface area contributed by atoms with E-state index in [1.54, 1.807) is 0 Å². The molecule has 4 nitrogen and oxygen atoms in total. The van der Waals surface area contributed by atoms with E-state index in [9.17, 15) is 0 Å². The predicted molar refractivity (Wildman–Crippen MR) is 53.1 cm³/mol. The van der Waals surface area contributed by atoms with Crippen molar-refractivity contribution in [2.45, 2.75) is 6.54 Å². The van der Waals surface area contributed by atoms with E-state index >= 15 is 0 Å². The summed E-state index contributed by atoms with van der Waals surface area (Å²) in [5.74, 6) is 0.556. The van der Waals surface area contributed by atoms with Crippen LogP contribution in [0.3, 0.4) is 0 Å². The van der Waals surface area contributed by atoms with Gasteiger partial charge in [-0.3, -0.25) is 0 Å². The van der Waals surface area contributed by atoms with Crippen LogP contribution >= 0.6 is 11.6 Å². The Hall–Kier alpha value is -1.55. The van der Waals surface area contributed by atoms with E-state index < -0.39 is 0 Å². The zero-order valence-electron chi connectivity index (χ0n) is 7.27. The first-order chi connectivity index (χ1) is 6.84. The second-order valence-corrected chi connectivity index (χ2v) is 3.13. The summed E-state index contributed by atoms with van der Waals surface area (Å²) in [6.45, 7) is 0.516. The first kappa shape index (κ1) is 9.02. The Labute approximate surface area is 85.9 Å². The zero-order valence-corrected chi connectivity index (χ0v) is 8.03. The first-order valence-corrected chi connectivity index (χ1v) is 4.47. The minimum absolute atomic E-state index is 0.516. The molecule has 0 atom stereocenters. The van der Waals surface area contributed by atoms with Gasteiger partial charge in [0.2, 0.25) is 5.89 Å². The van der Waals surface area contributed by atoms with Crippen molar-refractivity contribution in [3.63, 3.8) is 0 Å². The fourth-order valence-electron chi connectivity index (χ4n) is 1.02. The molecule has 14 heavy (non-hydrogen) atoms. The fourth-order valence-corrected chi connectivity index (χ4v) is 1.15. The zero-order chi connectivity index (χ0) is 9.80. The Balaban J connectivity index is 1.95. The maximum Gasteiger partial charge on any atom is 0.245 e. The predicted octanol–water partition coefficient (Wildman–Crippen LogP) is 2.34. The van der Waals surface area contributed by atoms with Gasteiger partial charge in [-0.15, -0.1) is 0 Å². The van der Waals surface area contributed by atoms with Gasteiger partial charge in [-0.2, -0.15) is 4.98 Å². The molecule has 0 bridgehead atoms. The molecule has 0 aliphatic rings. The third-order valence-electron chi connectivity index (χ3n) is 1.69. The maximum atomic E-state index is 5.74.